The van der Waals surface area contributed by atoms with Crippen molar-refractivity contribution in [2.24, 2.45) is 0 Å². The molecule has 0 radical (unpaired) electrons. The number of nitrogens with zero attached hydrogens (tertiary/aromatic N) is 4. The zero-order valence-electron chi connectivity index (χ0n) is 34.0. The zero-order valence-corrected chi connectivity index (χ0v) is 34.0. The second-order valence-electron chi connectivity index (χ2n) is 15.8. The minimum absolute atomic E-state index is 0.622. The monoisotopic (exact) mass is 804 g/mol. The van der Waals surface area contributed by atoms with E-state index in [1.54, 1.807) is 0 Å². The van der Waals surface area contributed by atoms with Crippen LogP contribution in [0.4, 0.5) is 0 Å². The molecular formula is C58H36N4O. The van der Waals surface area contributed by atoms with Gasteiger partial charge in [-0.25, -0.2) is 19.9 Å². The van der Waals surface area contributed by atoms with Crippen LogP contribution in [0, 0.1) is 0 Å². The SMILES string of the molecule is c1ccc(-c2ccc(-c3nc(-c4ccccc4)nc(-c4ccc(-c5ccc(-c6c7c(cc8c(-c9ccccc9)nc9ccccc9c68)oc6ccccc67)cc5)cc4)n3)cc2)cc1. The Hall–Kier alpha value is -8.54. The average Bonchev–Trinajstić information content (AvgIpc) is 3.74. The normalized spacial score (nSPS) is 11.5. The second kappa shape index (κ2) is 15.2. The van der Waals surface area contributed by atoms with Gasteiger partial charge in [0.2, 0.25) is 0 Å². The molecule has 294 valence electrons. The number of furan rings is 1. The number of aromatic nitrogens is 4. The van der Waals surface area contributed by atoms with Gasteiger partial charge >= 0.3 is 0 Å². The van der Waals surface area contributed by atoms with Gasteiger partial charge in [0.15, 0.2) is 17.5 Å². The van der Waals surface area contributed by atoms with Gasteiger partial charge in [-0.05, 0) is 46.0 Å². The van der Waals surface area contributed by atoms with E-state index in [-0.39, 0.29) is 0 Å². The summed E-state index contributed by atoms with van der Waals surface area (Å²) in [5, 5.41) is 5.52. The molecule has 5 heteroatoms. The molecule has 0 spiro atoms. The van der Waals surface area contributed by atoms with E-state index < -0.39 is 0 Å². The van der Waals surface area contributed by atoms with Gasteiger partial charge in [0.25, 0.3) is 0 Å². The summed E-state index contributed by atoms with van der Waals surface area (Å²) in [6, 6.07) is 75.7. The molecule has 9 aromatic carbocycles. The first-order valence-electron chi connectivity index (χ1n) is 21.1. The Morgan fingerprint density at radius 1 is 0.270 bits per heavy atom. The third-order valence-electron chi connectivity index (χ3n) is 11.9. The van der Waals surface area contributed by atoms with Gasteiger partial charge < -0.3 is 4.42 Å². The fraction of sp³-hybridized carbons (Fsp3) is 0. The molecule has 0 aliphatic rings. The lowest BCUT2D eigenvalue weighted by molar-refractivity contribution is 0.669. The molecule has 3 aromatic heterocycles. The molecule has 0 saturated carbocycles. The van der Waals surface area contributed by atoms with Crippen molar-refractivity contribution in [2.75, 3.05) is 0 Å². The summed E-state index contributed by atoms with van der Waals surface area (Å²) in [6.07, 6.45) is 0. The van der Waals surface area contributed by atoms with E-state index in [0.29, 0.717) is 17.5 Å². The van der Waals surface area contributed by atoms with Gasteiger partial charge in [0, 0.05) is 54.7 Å². The predicted octanol–water partition coefficient (Wildman–Crippen LogP) is 15.1. The Balaban J connectivity index is 0.950. The summed E-state index contributed by atoms with van der Waals surface area (Å²) >= 11 is 0. The molecule has 0 unspecified atom stereocenters. The predicted molar refractivity (Wildman–Crippen MR) is 258 cm³/mol. The quantitative estimate of drug-likeness (QED) is 0.150. The highest BCUT2D eigenvalue weighted by atomic mass is 16.3. The lowest BCUT2D eigenvalue weighted by Gasteiger charge is -2.16. The van der Waals surface area contributed by atoms with Crippen molar-refractivity contribution >= 4 is 43.6 Å². The Morgan fingerprint density at radius 3 is 1.25 bits per heavy atom. The van der Waals surface area contributed by atoms with Crippen LogP contribution in [-0.2, 0) is 0 Å². The van der Waals surface area contributed by atoms with Crippen LogP contribution in [0.5, 0.6) is 0 Å². The minimum atomic E-state index is 0.622. The molecule has 0 saturated heterocycles. The van der Waals surface area contributed by atoms with E-state index in [1.165, 1.54) is 5.56 Å². The largest absolute Gasteiger partial charge is 0.456 e. The average molecular weight is 805 g/mol. The summed E-state index contributed by atoms with van der Waals surface area (Å²) < 4.78 is 6.61. The summed E-state index contributed by atoms with van der Waals surface area (Å²) in [5.41, 5.74) is 14.2. The second-order valence-corrected chi connectivity index (χ2v) is 15.8. The van der Waals surface area contributed by atoms with Gasteiger partial charge in [-0.1, -0.05) is 200 Å². The van der Waals surface area contributed by atoms with E-state index in [1.807, 2.05) is 48.5 Å². The number of hydrogen-bond acceptors (Lipinski definition) is 5. The highest BCUT2D eigenvalue weighted by molar-refractivity contribution is 6.27. The number of benzene rings is 9. The molecule has 0 fully saturated rings. The number of hydrogen-bond donors (Lipinski definition) is 0. The van der Waals surface area contributed by atoms with Crippen molar-refractivity contribution in [1.82, 2.24) is 19.9 Å². The van der Waals surface area contributed by atoms with Crippen LogP contribution in [-0.4, -0.2) is 19.9 Å². The van der Waals surface area contributed by atoms with Gasteiger partial charge in [-0.2, -0.15) is 0 Å². The zero-order chi connectivity index (χ0) is 41.7. The summed E-state index contributed by atoms with van der Waals surface area (Å²) in [7, 11) is 0. The van der Waals surface area contributed by atoms with E-state index >= 15 is 0 Å². The maximum absolute atomic E-state index is 6.61. The molecule has 5 nitrogen and oxygen atoms in total. The van der Waals surface area contributed by atoms with Crippen LogP contribution in [0.1, 0.15) is 0 Å². The highest BCUT2D eigenvalue weighted by Crippen LogP contribution is 2.46. The molecule has 0 amide bonds. The van der Waals surface area contributed by atoms with Gasteiger partial charge in [-0.15, -0.1) is 0 Å². The van der Waals surface area contributed by atoms with Crippen LogP contribution in [0.15, 0.2) is 223 Å². The Bertz CT molecular complexity index is 3620. The Kier molecular flexibility index (Phi) is 8.75. The number of fused-ring (bicyclic) bond motifs is 6. The number of pyridine rings is 1. The highest BCUT2D eigenvalue weighted by Gasteiger charge is 2.22. The first-order valence-corrected chi connectivity index (χ1v) is 21.1. The fourth-order valence-electron chi connectivity index (χ4n) is 8.86. The topological polar surface area (TPSA) is 64.7 Å². The summed E-state index contributed by atoms with van der Waals surface area (Å²) in [6.45, 7) is 0. The maximum Gasteiger partial charge on any atom is 0.164 e. The van der Waals surface area contributed by atoms with E-state index in [9.17, 15) is 0 Å². The van der Waals surface area contributed by atoms with E-state index in [0.717, 1.165) is 99.4 Å². The Morgan fingerprint density at radius 2 is 0.683 bits per heavy atom. The maximum atomic E-state index is 6.61. The van der Waals surface area contributed by atoms with Crippen LogP contribution in [0.25, 0.3) is 122 Å². The molecule has 12 aromatic rings. The third kappa shape index (κ3) is 6.51. The number of rotatable bonds is 7. The standard InChI is InChI=1S/C58H36N4O/c1-4-14-37(15-5-1)38-26-32-44(33-27-38)57-60-56(43-18-8-3-9-19-43)61-58(62-57)45-34-28-40(29-35-45)39-24-30-41(31-25-39)52-53-46-20-10-12-22-49(46)59-55(42-16-6-2-7-17-42)48(53)36-51-54(52)47-21-11-13-23-50(47)63-51/h1-36H. The van der Waals surface area contributed by atoms with Crippen LogP contribution < -0.4 is 0 Å². The first kappa shape index (κ1) is 36.3. The smallest absolute Gasteiger partial charge is 0.164 e. The van der Waals surface area contributed by atoms with Gasteiger partial charge in [-0.3, -0.25) is 0 Å². The molecule has 12 rings (SSSR count). The summed E-state index contributed by atoms with van der Waals surface area (Å²) in [4.78, 5) is 20.2. The van der Waals surface area contributed by atoms with Gasteiger partial charge in [0.05, 0.1) is 11.2 Å². The van der Waals surface area contributed by atoms with Crippen molar-refractivity contribution in [2.45, 2.75) is 0 Å². The van der Waals surface area contributed by atoms with Crippen LogP contribution >= 0.6 is 0 Å². The molecule has 63 heavy (non-hydrogen) atoms. The van der Waals surface area contributed by atoms with Gasteiger partial charge in [0.1, 0.15) is 11.2 Å². The van der Waals surface area contributed by atoms with Crippen molar-refractivity contribution in [3.8, 4) is 78.8 Å². The van der Waals surface area contributed by atoms with Crippen molar-refractivity contribution in [1.29, 1.82) is 0 Å². The summed E-state index contributed by atoms with van der Waals surface area (Å²) in [5.74, 6) is 1.89. The lowest BCUT2D eigenvalue weighted by atomic mass is 9.89. The minimum Gasteiger partial charge on any atom is -0.456 e. The van der Waals surface area contributed by atoms with Crippen molar-refractivity contribution < 1.29 is 4.42 Å². The van der Waals surface area contributed by atoms with E-state index in [2.05, 4.69) is 170 Å². The Labute approximate surface area is 363 Å². The number of para-hydroxylation sites is 2. The molecule has 0 aliphatic carbocycles. The molecule has 0 bridgehead atoms. The molecule has 3 heterocycles. The molecular weight excluding hydrogens is 769 g/mol. The van der Waals surface area contributed by atoms with Crippen LogP contribution in [0.3, 0.4) is 0 Å². The molecule has 0 N–H and O–H groups in total. The fourth-order valence-corrected chi connectivity index (χ4v) is 8.86. The van der Waals surface area contributed by atoms with Crippen molar-refractivity contribution in [3.05, 3.63) is 218 Å². The molecule has 0 atom stereocenters. The van der Waals surface area contributed by atoms with E-state index in [4.69, 9.17) is 24.4 Å². The third-order valence-corrected chi connectivity index (χ3v) is 11.9. The lowest BCUT2D eigenvalue weighted by Crippen LogP contribution is -2.00. The molecule has 0 aliphatic heterocycles. The van der Waals surface area contributed by atoms with Crippen molar-refractivity contribution in [3.63, 3.8) is 0 Å². The van der Waals surface area contributed by atoms with Crippen LogP contribution in [0.2, 0.25) is 0 Å². The first-order chi connectivity index (χ1) is 31.2.